The molecule has 1 fully saturated rings. The molecule has 0 bridgehead atoms. The van der Waals surface area contributed by atoms with Crippen molar-refractivity contribution >= 4 is 11.9 Å². The van der Waals surface area contributed by atoms with E-state index in [4.69, 9.17) is 4.74 Å². The van der Waals surface area contributed by atoms with Crippen LogP contribution < -0.4 is 0 Å². The van der Waals surface area contributed by atoms with Gasteiger partial charge in [0, 0.05) is 0 Å². The molecule has 0 spiro atoms. The molecule has 0 aliphatic carbocycles. The van der Waals surface area contributed by atoms with Gasteiger partial charge in [0.1, 0.15) is 0 Å². The van der Waals surface area contributed by atoms with Gasteiger partial charge in [0.05, 0.1) is 11.8 Å². The molecule has 2 atom stereocenters. The zero-order valence-electron chi connectivity index (χ0n) is 13.6. The summed E-state index contributed by atoms with van der Waals surface area (Å²) in [4.78, 5) is 24.1. The fraction of sp³-hybridized carbons (Fsp3) is 0.875. The van der Waals surface area contributed by atoms with Crippen LogP contribution in [0, 0.1) is 28.1 Å². The average Bonchev–Trinajstić information content (AvgIpc) is 2.35. The van der Waals surface area contributed by atoms with Crippen molar-refractivity contribution in [2.45, 2.75) is 61.8 Å². The molecule has 1 aliphatic rings. The number of carbonyl (C=O) groups excluding carboxylic acids is 2. The van der Waals surface area contributed by atoms with Gasteiger partial charge in [0.2, 0.25) is 0 Å². The minimum Gasteiger partial charge on any atom is -0.393 e. The largest absolute Gasteiger partial charge is 0.393 e. The molecule has 0 amide bonds. The Balaban J connectivity index is 3.14. The molecule has 0 N–H and O–H groups in total. The fourth-order valence-electron chi connectivity index (χ4n) is 3.60. The Morgan fingerprint density at radius 1 is 0.842 bits per heavy atom. The van der Waals surface area contributed by atoms with Crippen LogP contribution >= 0.6 is 0 Å². The molecule has 3 heteroatoms. The summed E-state index contributed by atoms with van der Waals surface area (Å²) in [6.07, 6.45) is 0.875. The zero-order chi connectivity index (χ0) is 15.2. The Labute approximate surface area is 117 Å². The van der Waals surface area contributed by atoms with Crippen LogP contribution in [0.25, 0.3) is 0 Å². The highest BCUT2D eigenvalue weighted by Crippen LogP contribution is 2.50. The van der Waals surface area contributed by atoms with Gasteiger partial charge in [-0.2, -0.15) is 0 Å². The Bertz CT molecular complexity index is 380. The first-order chi connectivity index (χ1) is 8.26. The first-order valence-electron chi connectivity index (χ1n) is 7.01. The lowest BCUT2D eigenvalue weighted by molar-refractivity contribution is -0.155. The highest BCUT2D eigenvalue weighted by molar-refractivity contribution is 5.97. The van der Waals surface area contributed by atoms with Gasteiger partial charge >= 0.3 is 11.9 Å². The lowest BCUT2D eigenvalue weighted by Crippen LogP contribution is -2.41. The third-order valence-corrected chi connectivity index (χ3v) is 3.80. The van der Waals surface area contributed by atoms with E-state index in [9.17, 15) is 9.59 Å². The molecule has 0 saturated carbocycles. The Morgan fingerprint density at radius 3 is 1.63 bits per heavy atom. The summed E-state index contributed by atoms with van der Waals surface area (Å²) in [5.41, 5.74) is -0.402. The summed E-state index contributed by atoms with van der Waals surface area (Å²) >= 11 is 0. The Kier molecular flexibility index (Phi) is 3.92. The van der Waals surface area contributed by atoms with Crippen molar-refractivity contribution in [3.05, 3.63) is 0 Å². The number of ether oxygens (including phenoxy) is 1. The maximum Gasteiger partial charge on any atom is 0.318 e. The third-order valence-electron chi connectivity index (χ3n) is 3.80. The number of carbonyl (C=O) groups is 2. The predicted octanol–water partition coefficient (Wildman–Crippen LogP) is 3.81. The van der Waals surface area contributed by atoms with Crippen molar-refractivity contribution in [1.82, 2.24) is 0 Å². The van der Waals surface area contributed by atoms with E-state index in [1.807, 2.05) is 20.8 Å². The molecule has 0 radical (unpaired) electrons. The summed E-state index contributed by atoms with van der Waals surface area (Å²) in [5.74, 6) is -1.40. The van der Waals surface area contributed by atoms with Crippen LogP contribution in [0.1, 0.15) is 61.8 Å². The number of esters is 2. The fourth-order valence-corrected chi connectivity index (χ4v) is 3.60. The van der Waals surface area contributed by atoms with Crippen molar-refractivity contribution in [1.29, 1.82) is 0 Å². The number of cyclic esters (lactones) is 2. The molecule has 1 saturated heterocycles. The maximum absolute atomic E-state index is 12.1. The predicted molar refractivity (Wildman–Crippen MR) is 75.4 cm³/mol. The van der Waals surface area contributed by atoms with Gasteiger partial charge < -0.3 is 4.74 Å². The molecule has 1 aliphatic heterocycles. The molecule has 0 aromatic heterocycles. The van der Waals surface area contributed by atoms with Crippen LogP contribution in [-0.4, -0.2) is 11.9 Å². The second-order valence-corrected chi connectivity index (χ2v) is 8.79. The number of hydrogen-bond donors (Lipinski definition) is 0. The summed E-state index contributed by atoms with van der Waals surface area (Å²) in [6, 6.07) is 0. The SMILES string of the molecule is CC(C)(C)CC(C)(C)C1C(=O)OC(=O)C1C(C)(C)C. The van der Waals surface area contributed by atoms with Gasteiger partial charge in [0.15, 0.2) is 0 Å². The van der Waals surface area contributed by atoms with E-state index in [-0.39, 0.29) is 40.0 Å². The van der Waals surface area contributed by atoms with Crippen molar-refractivity contribution in [3.8, 4) is 0 Å². The van der Waals surface area contributed by atoms with E-state index >= 15 is 0 Å². The van der Waals surface area contributed by atoms with Gasteiger partial charge in [-0.15, -0.1) is 0 Å². The molecule has 2 unspecified atom stereocenters. The van der Waals surface area contributed by atoms with E-state index in [2.05, 4.69) is 34.6 Å². The van der Waals surface area contributed by atoms with Gasteiger partial charge in [-0.3, -0.25) is 9.59 Å². The Hall–Kier alpha value is -0.860. The van der Waals surface area contributed by atoms with Crippen molar-refractivity contribution in [2.75, 3.05) is 0 Å². The zero-order valence-corrected chi connectivity index (χ0v) is 13.6. The molecule has 1 heterocycles. The lowest BCUT2D eigenvalue weighted by atomic mass is 9.61. The Morgan fingerprint density at radius 2 is 1.26 bits per heavy atom. The minimum atomic E-state index is -0.357. The summed E-state index contributed by atoms with van der Waals surface area (Å²) in [6.45, 7) is 16.6. The van der Waals surface area contributed by atoms with Crippen molar-refractivity contribution in [2.24, 2.45) is 28.1 Å². The number of rotatable bonds is 2. The van der Waals surface area contributed by atoms with Gasteiger partial charge in [-0.05, 0) is 22.7 Å². The van der Waals surface area contributed by atoms with Crippen LogP contribution in [0.15, 0.2) is 0 Å². The topological polar surface area (TPSA) is 43.4 Å². The first kappa shape index (κ1) is 16.2. The molecule has 0 aromatic rings. The van der Waals surface area contributed by atoms with E-state index in [1.165, 1.54) is 0 Å². The standard InChI is InChI=1S/C16H28O3/c1-14(2,3)9-16(7,8)11-10(15(4,5)6)12(17)19-13(11)18/h10-11H,9H2,1-8H3. The van der Waals surface area contributed by atoms with E-state index < -0.39 is 0 Å². The van der Waals surface area contributed by atoms with E-state index in [0.29, 0.717) is 0 Å². The molecular formula is C16H28O3. The van der Waals surface area contributed by atoms with Gasteiger partial charge in [-0.25, -0.2) is 0 Å². The molecular weight excluding hydrogens is 240 g/mol. The van der Waals surface area contributed by atoms with Crippen LogP contribution in [0.3, 0.4) is 0 Å². The molecule has 110 valence electrons. The first-order valence-corrected chi connectivity index (χ1v) is 7.01. The van der Waals surface area contributed by atoms with Crippen LogP contribution in [-0.2, 0) is 14.3 Å². The van der Waals surface area contributed by atoms with Crippen LogP contribution in [0.5, 0.6) is 0 Å². The molecule has 0 aromatic carbocycles. The monoisotopic (exact) mass is 268 g/mol. The molecule has 3 nitrogen and oxygen atoms in total. The highest BCUT2D eigenvalue weighted by atomic mass is 16.6. The second-order valence-electron chi connectivity index (χ2n) is 8.79. The minimum absolute atomic E-state index is 0.109. The van der Waals surface area contributed by atoms with Crippen molar-refractivity contribution in [3.63, 3.8) is 0 Å². The summed E-state index contributed by atoms with van der Waals surface area (Å²) in [5, 5.41) is 0. The smallest absolute Gasteiger partial charge is 0.318 e. The third kappa shape index (κ3) is 3.58. The van der Waals surface area contributed by atoms with Gasteiger partial charge in [0.25, 0.3) is 0 Å². The molecule has 19 heavy (non-hydrogen) atoms. The molecule has 1 rings (SSSR count). The van der Waals surface area contributed by atoms with Gasteiger partial charge in [-0.1, -0.05) is 55.4 Å². The van der Waals surface area contributed by atoms with Crippen LogP contribution in [0.2, 0.25) is 0 Å². The van der Waals surface area contributed by atoms with E-state index in [0.717, 1.165) is 6.42 Å². The normalized spacial score (nSPS) is 25.7. The van der Waals surface area contributed by atoms with Crippen molar-refractivity contribution < 1.29 is 14.3 Å². The average molecular weight is 268 g/mol. The highest BCUT2D eigenvalue weighted by Gasteiger charge is 2.56. The number of hydrogen-bond acceptors (Lipinski definition) is 3. The summed E-state index contributed by atoms with van der Waals surface area (Å²) in [7, 11) is 0. The van der Waals surface area contributed by atoms with E-state index in [1.54, 1.807) is 0 Å². The lowest BCUT2D eigenvalue weighted by Gasteiger charge is -2.40. The second kappa shape index (κ2) is 4.60. The summed E-state index contributed by atoms with van der Waals surface area (Å²) < 4.78 is 4.94. The maximum atomic E-state index is 12.1. The van der Waals surface area contributed by atoms with Crippen LogP contribution in [0.4, 0.5) is 0 Å². The quantitative estimate of drug-likeness (QED) is 0.565.